The van der Waals surface area contributed by atoms with E-state index in [0.717, 1.165) is 38.5 Å². The van der Waals surface area contributed by atoms with Gasteiger partial charge in [-0.3, -0.25) is 19.1 Å². The number of carbonyl (C=O) groups excluding carboxylic acids is 2. The van der Waals surface area contributed by atoms with E-state index in [0.29, 0.717) is 18.5 Å². The number of nitrogens with zero attached hydrogens (tertiary/aromatic N) is 2. The number of rotatable bonds is 10. The Kier molecular flexibility index (Phi) is 8.11. The average Bonchev–Trinajstić information content (AvgIpc) is 3.06. The van der Waals surface area contributed by atoms with Crippen molar-refractivity contribution in [2.75, 3.05) is 6.54 Å². The Bertz CT molecular complexity index is 608. The van der Waals surface area contributed by atoms with Crippen LogP contribution in [0.2, 0.25) is 0 Å². The lowest BCUT2D eigenvalue weighted by Crippen LogP contribution is -2.38. The lowest BCUT2D eigenvalue weighted by Gasteiger charge is -2.22. The molecule has 0 bridgehead atoms. The summed E-state index contributed by atoms with van der Waals surface area (Å²) < 4.78 is 1.47. The van der Waals surface area contributed by atoms with E-state index >= 15 is 0 Å². The molecule has 1 heterocycles. The van der Waals surface area contributed by atoms with Crippen LogP contribution in [0.25, 0.3) is 0 Å². The molecule has 1 saturated carbocycles. The second kappa shape index (κ2) is 10.6. The van der Waals surface area contributed by atoms with Crippen molar-refractivity contribution in [3.8, 4) is 0 Å². The fourth-order valence-corrected chi connectivity index (χ4v) is 3.12. The first-order chi connectivity index (χ1) is 12.5. The van der Waals surface area contributed by atoms with E-state index in [1.807, 2.05) is 0 Å². The Hall–Kier alpha value is -2.38. The topological polar surface area (TPSA) is 113 Å². The van der Waals surface area contributed by atoms with Gasteiger partial charge < -0.3 is 15.7 Å². The number of hydrogen-bond acceptors (Lipinski definition) is 4. The quantitative estimate of drug-likeness (QED) is 0.547. The lowest BCUT2D eigenvalue weighted by molar-refractivity contribution is -0.137. The number of carboxylic acid groups (broad SMARTS) is 1. The number of aliphatic carboxylic acids is 1. The normalized spacial score (nSPS) is 14.8. The first-order valence-electron chi connectivity index (χ1n) is 9.36. The molecule has 2 amide bonds. The molecule has 8 heteroatoms. The Morgan fingerprint density at radius 1 is 1.15 bits per heavy atom. The minimum Gasteiger partial charge on any atom is -0.481 e. The molecule has 0 aliphatic heterocycles. The van der Waals surface area contributed by atoms with Gasteiger partial charge in [0.2, 0.25) is 5.91 Å². The zero-order chi connectivity index (χ0) is 18.8. The fraction of sp³-hybridized carbons (Fsp3) is 0.667. The number of hydrogen-bond donors (Lipinski definition) is 3. The summed E-state index contributed by atoms with van der Waals surface area (Å²) in [5.74, 6) is -1.11. The number of unbranched alkanes of at least 4 members (excludes halogenated alkanes) is 2. The van der Waals surface area contributed by atoms with E-state index in [1.54, 1.807) is 6.20 Å². The highest BCUT2D eigenvalue weighted by molar-refractivity contribution is 5.93. The molecule has 0 saturated heterocycles. The lowest BCUT2D eigenvalue weighted by atomic mass is 9.95. The first kappa shape index (κ1) is 19.9. The van der Waals surface area contributed by atoms with Gasteiger partial charge in [0, 0.05) is 25.2 Å². The Morgan fingerprint density at radius 2 is 1.92 bits per heavy atom. The van der Waals surface area contributed by atoms with Gasteiger partial charge in [-0.05, 0) is 25.7 Å². The van der Waals surface area contributed by atoms with Crippen LogP contribution in [0.3, 0.4) is 0 Å². The second-order valence-electron chi connectivity index (χ2n) is 6.79. The molecule has 1 aliphatic carbocycles. The summed E-state index contributed by atoms with van der Waals surface area (Å²) in [5, 5.41) is 18.4. The van der Waals surface area contributed by atoms with Gasteiger partial charge in [-0.15, -0.1) is 0 Å². The zero-order valence-electron chi connectivity index (χ0n) is 15.1. The Morgan fingerprint density at radius 3 is 2.65 bits per heavy atom. The van der Waals surface area contributed by atoms with Gasteiger partial charge >= 0.3 is 5.97 Å². The molecule has 144 valence electrons. The molecule has 3 N–H and O–H groups in total. The number of amides is 2. The van der Waals surface area contributed by atoms with Crippen molar-refractivity contribution in [3.05, 3.63) is 18.0 Å². The Balaban J connectivity index is 1.66. The fourth-order valence-electron chi connectivity index (χ4n) is 3.12. The van der Waals surface area contributed by atoms with Gasteiger partial charge in [-0.2, -0.15) is 5.10 Å². The predicted molar refractivity (Wildman–Crippen MR) is 95.7 cm³/mol. The second-order valence-corrected chi connectivity index (χ2v) is 6.79. The van der Waals surface area contributed by atoms with Gasteiger partial charge in [-0.1, -0.05) is 25.7 Å². The van der Waals surface area contributed by atoms with Crippen molar-refractivity contribution in [1.82, 2.24) is 20.4 Å². The standard InChI is InChI=1S/C18H28N4O4/c23-16(21-15-7-3-1-4-8-15)13-22-12-14(11-20-22)18(26)19-10-6-2-5-9-17(24)25/h11-12,15H,1-10,13H2,(H,19,26)(H,21,23)(H,24,25). The number of aromatic nitrogens is 2. The van der Waals surface area contributed by atoms with Gasteiger partial charge in [0.15, 0.2) is 0 Å². The summed E-state index contributed by atoms with van der Waals surface area (Å²) in [7, 11) is 0. The van der Waals surface area contributed by atoms with Crippen molar-refractivity contribution in [3.63, 3.8) is 0 Å². The van der Waals surface area contributed by atoms with Crippen LogP contribution in [0.1, 0.15) is 68.1 Å². The highest BCUT2D eigenvalue weighted by Gasteiger charge is 2.16. The molecule has 0 spiro atoms. The highest BCUT2D eigenvalue weighted by Crippen LogP contribution is 2.17. The SMILES string of the molecule is O=C(O)CCCCCNC(=O)c1cnn(CC(=O)NC2CCCCC2)c1. The third kappa shape index (κ3) is 7.25. The van der Waals surface area contributed by atoms with E-state index in [2.05, 4.69) is 15.7 Å². The van der Waals surface area contributed by atoms with Crippen LogP contribution in [-0.2, 0) is 16.1 Å². The van der Waals surface area contributed by atoms with Gasteiger partial charge in [0.25, 0.3) is 5.91 Å². The van der Waals surface area contributed by atoms with E-state index in [4.69, 9.17) is 5.11 Å². The summed E-state index contributed by atoms with van der Waals surface area (Å²) in [4.78, 5) is 34.5. The third-order valence-corrected chi connectivity index (χ3v) is 4.52. The molecule has 0 radical (unpaired) electrons. The number of nitrogens with one attached hydrogen (secondary N) is 2. The third-order valence-electron chi connectivity index (χ3n) is 4.52. The molecule has 1 aromatic rings. The van der Waals surface area contributed by atoms with Crippen LogP contribution in [-0.4, -0.2) is 45.3 Å². The maximum Gasteiger partial charge on any atom is 0.303 e. The van der Waals surface area contributed by atoms with Gasteiger partial charge in [-0.25, -0.2) is 0 Å². The molecule has 26 heavy (non-hydrogen) atoms. The highest BCUT2D eigenvalue weighted by atomic mass is 16.4. The van der Waals surface area contributed by atoms with Crippen LogP contribution in [0.4, 0.5) is 0 Å². The van der Waals surface area contributed by atoms with E-state index in [1.165, 1.54) is 17.3 Å². The van der Waals surface area contributed by atoms with Crippen molar-refractivity contribution in [2.45, 2.75) is 70.4 Å². The molecule has 1 aliphatic rings. The molecular formula is C18H28N4O4. The minimum absolute atomic E-state index is 0.0783. The Labute approximate surface area is 153 Å². The number of carbonyl (C=O) groups is 3. The first-order valence-corrected chi connectivity index (χ1v) is 9.36. The number of carboxylic acids is 1. The molecule has 0 aromatic carbocycles. The van der Waals surface area contributed by atoms with Crippen LogP contribution < -0.4 is 10.6 Å². The maximum atomic E-state index is 12.1. The molecule has 2 rings (SSSR count). The summed E-state index contributed by atoms with van der Waals surface area (Å²) in [6, 6.07) is 0.260. The predicted octanol–water partition coefficient (Wildman–Crippen LogP) is 1.71. The molecule has 0 unspecified atom stereocenters. The molecular weight excluding hydrogens is 336 g/mol. The summed E-state index contributed by atoms with van der Waals surface area (Å²) in [5.41, 5.74) is 0.418. The van der Waals surface area contributed by atoms with Crippen LogP contribution in [0, 0.1) is 0 Å². The smallest absolute Gasteiger partial charge is 0.303 e. The van der Waals surface area contributed by atoms with Crippen LogP contribution >= 0.6 is 0 Å². The molecule has 8 nitrogen and oxygen atoms in total. The van der Waals surface area contributed by atoms with Crippen LogP contribution in [0.15, 0.2) is 12.4 Å². The summed E-state index contributed by atoms with van der Waals surface area (Å²) >= 11 is 0. The largest absolute Gasteiger partial charge is 0.481 e. The van der Waals surface area contributed by atoms with Crippen molar-refractivity contribution in [2.24, 2.45) is 0 Å². The average molecular weight is 364 g/mol. The zero-order valence-corrected chi connectivity index (χ0v) is 15.1. The van der Waals surface area contributed by atoms with E-state index < -0.39 is 5.97 Å². The van der Waals surface area contributed by atoms with Crippen molar-refractivity contribution in [1.29, 1.82) is 0 Å². The van der Waals surface area contributed by atoms with Crippen molar-refractivity contribution >= 4 is 17.8 Å². The monoisotopic (exact) mass is 364 g/mol. The van der Waals surface area contributed by atoms with Crippen molar-refractivity contribution < 1.29 is 19.5 Å². The molecule has 0 atom stereocenters. The van der Waals surface area contributed by atoms with Gasteiger partial charge in [0.05, 0.1) is 11.8 Å². The van der Waals surface area contributed by atoms with E-state index in [-0.39, 0.29) is 30.8 Å². The van der Waals surface area contributed by atoms with E-state index in [9.17, 15) is 14.4 Å². The van der Waals surface area contributed by atoms with Gasteiger partial charge in [0.1, 0.15) is 6.54 Å². The maximum absolute atomic E-state index is 12.1. The molecule has 1 fully saturated rings. The summed E-state index contributed by atoms with van der Waals surface area (Å²) in [6.45, 7) is 0.602. The minimum atomic E-state index is -0.797. The molecule has 1 aromatic heterocycles. The van der Waals surface area contributed by atoms with Crippen LogP contribution in [0.5, 0.6) is 0 Å². The summed E-state index contributed by atoms with van der Waals surface area (Å²) in [6.07, 6.45) is 10.9.